The van der Waals surface area contributed by atoms with Crippen LogP contribution in [0.25, 0.3) is 11.1 Å². The Balaban J connectivity index is 0.00000198. The molecule has 42 heavy (non-hydrogen) atoms. The summed E-state index contributed by atoms with van der Waals surface area (Å²) in [7, 11) is -1.94. The van der Waals surface area contributed by atoms with Gasteiger partial charge in [0.25, 0.3) is 0 Å². The molecule has 6 N–H and O–H groups in total. The van der Waals surface area contributed by atoms with Gasteiger partial charge in [0, 0.05) is 0 Å². The van der Waals surface area contributed by atoms with E-state index in [9.17, 15) is 0 Å². The van der Waals surface area contributed by atoms with Crippen LogP contribution in [0.2, 0.25) is 0 Å². The number of hydrogen-bond acceptors (Lipinski definition) is 1. The lowest BCUT2D eigenvalue weighted by molar-refractivity contribution is 1.05. The highest BCUT2D eigenvalue weighted by atomic mass is 79.9. The molecule has 0 aliphatic rings. The Labute approximate surface area is 257 Å². The summed E-state index contributed by atoms with van der Waals surface area (Å²) in [5, 5.41) is 4.15. The Morgan fingerprint density at radius 3 is 1.31 bits per heavy atom. The maximum atomic E-state index is 5.72. The number of guanidine groups is 2. The molecule has 0 aliphatic carbocycles. The van der Waals surface area contributed by atoms with E-state index in [-0.39, 0.29) is 11.9 Å². The van der Waals surface area contributed by atoms with Gasteiger partial charge in [0.15, 0.2) is 5.96 Å². The van der Waals surface area contributed by atoms with Gasteiger partial charge in [0.2, 0.25) is 5.96 Å². The first-order valence-electron chi connectivity index (χ1n) is 13.5. The average molecular weight is 638 g/mol. The molecule has 5 aromatic rings. The second-order valence-electron chi connectivity index (χ2n) is 9.58. The van der Waals surface area contributed by atoms with Gasteiger partial charge in [-0.25, -0.2) is 4.99 Å². The second-order valence-corrected chi connectivity index (χ2v) is 13.1. The third-order valence-corrected chi connectivity index (χ3v) is 11.3. The molecule has 0 aliphatic heterocycles. The molecule has 212 valence electrons. The molecule has 7 heteroatoms. The summed E-state index contributed by atoms with van der Waals surface area (Å²) < 4.78 is 0. The van der Waals surface area contributed by atoms with Crippen molar-refractivity contribution in [2.45, 2.75) is 12.7 Å². The van der Waals surface area contributed by atoms with Crippen LogP contribution in [0.5, 0.6) is 0 Å². The van der Waals surface area contributed by atoms with Gasteiger partial charge in [0.05, 0.1) is 12.7 Å². The quantitative estimate of drug-likeness (QED) is 0.0849. The summed E-state index contributed by atoms with van der Waals surface area (Å²) in [6.07, 6.45) is 0.944. The van der Waals surface area contributed by atoms with Crippen molar-refractivity contribution in [2.24, 2.45) is 27.2 Å². The lowest BCUT2D eigenvalue weighted by atomic mass is 10.0. The number of nitrogens with two attached hydrogens (primary N) is 3. The molecule has 0 amide bonds. The Morgan fingerprint density at radius 2 is 0.929 bits per heavy atom. The first kappa shape index (κ1) is 30.7. The summed E-state index contributed by atoms with van der Waals surface area (Å²) >= 11 is 2.94. The molecule has 0 saturated carbocycles. The van der Waals surface area contributed by atoms with Crippen LogP contribution < -0.4 is 33.1 Å². The molecule has 5 rings (SSSR count). The van der Waals surface area contributed by atoms with Gasteiger partial charge in [-0.3, -0.25) is 0 Å². The highest BCUT2D eigenvalue weighted by Crippen LogP contribution is 2.58. The summed E-state index contributed by atoms with van der Waals surface area (Å²) in [5.74, 6) is 1.78. The van der Waals surface area contributed by atoms with Crippen molar-refractivity contribution in [2.75, 3.05) is 5.83 Å². The molecule has 0 bridgehead atoms. The topological polar surface area (TPSA) is 103 Å². The van der Waals surface area contributed by atoms with E-state index in [2.05, 4.69) is 153 Å². The Kier molecular flexibility index (Phi) is 11.0. The van der Waals surface area contributed by atoms with E-state index in [1.165, 1.54) is 27.0 Å². The largest absolute Gasteiger partial charge is 0.370 e. The fourth-order valence-corrected chi connectivity index (χ4v) is 9.23. The van der Waals surface area contributed by atoms with E-state index < -0.39 is 7.26 Å². The molecule has 0 heterocycles. The molecule has 0 fully saturated rings. The van der Waals surface area contributed by atoms with E-state index in [0.29, 0.717) is 6.54 Å². The number of aliphatic imine (C=N–C) groups is 2. The van der Waals surface area contributed by atoms with Gasteiger partial charge >= 0.3 is 0 Å². The lowest BCUT2D eigenvalue weighted by Crippen LogP contribution is -2.32. The third-order valence-electron chi connectivity index (χ3n) is 6.92. The maximum absolute atomic E-state index is 5.72. The molecule has 5 nitrogen and oxygen atoms in total. The average Bonchev–Trinajstić information content (AvgIpc) is 3.05. The van der Waals surface area contributed by atoms with Crippen LogP contribution in [0.4, 0.5) is 0 Å². The number of benzene rings is 5. The molecule has 0 spiro atoms. The number of nitrogens with zero attached hydrogens (tertiary/aromatic N) is 2. The van der Waals surface area contributed by atoms with Crippen LogP contribution in [-0.2, 0) is 12.7 Å². The van der Waals surface area contributed by atoms with Gasteiger partial charge in [0.1, 0.15) is 23.2 Å². The lowest BCUT2D eigenvalue weighted by Gasteiger charge is -2.28. The predicted molar refractivity (Wildman–Crippen MR) is 187 cm³/mol. The monoisotopic (exact) mass is 636 g/mol. The summed E-state index contributed by atoms with van der Waals surface area (Å²) in [4.78, 5) is 7.96. The number of alkyl halides is 1. The summed E-state index contributed by atoms with van der Waals surface area (Å²) in [6.45, 7) is 0.409. The van der Waals surface area contributed by atoms with Gasteiger partial charge in [-0.1, -0.05) is 119 Å². The highest BCUT2D eigenvalue weighted by Gasteiger charge is 2.45. The van der Waals surface area contributed by atoms with Crippen molar-refractivity contribution in [3.8, 4) is 11.1 Å². The normalized spacial score (nSPS) is 11.2. The minimum Gasteiger partial charge on any atom is -0.370 e. The van der Waals surface area contributed by atoms with Crippen molar-refractivity contribution in [3.63, 3.8) is 0 Å². The van der Waals surface area contributed by atoms with Crippen LogP contribution >= 0.6 is 23.2 Å². The van der Waals surface area contributed by atoms with E-state index in [1.54, 1.807) is 0 Å². The zero-order valence-electron chi connectivity index (χ0n) is 23.6. The Hall–Kier alpha value is -4.25. The first-order valence-corrected chi connectivity index (χ1v) is 17.1. The second kappa shape index (κ2) is 15.1. The van der Waals surface area contributed by atoms with Crippen LogP contribution in [0, 0.1) is 0 Å². The van der Waals surface area contributed by atoms with E-state index in [4.69, 9.17) is 17.2 Å². The van der Waals surface area contributed by atoms with Crippen LogP contribution in [0.3, 0.4) is 0 Å². The van der Waals surface area contributed by atoms with Crippen molar-refractivity contribution in [1.29, 1.82) is 0 Å². The SMILES string of the molecule is CBr.NC(N)=NC(N)=NCc1ccc(-c2ccc(C[P+](c3ccccc3)(c3ccccc3)c3ccccc3)cc2)cc1. The zero-order chi connectivity index (χ0) is 29.8. The number of rotatable bonds is 8. The third kappa shape index (κ3) is 7.52. The summed E-state index contributed by atoms with van der Waals surface area (Å²) in [6, 6.07) is 50.2. The molecule has 0 atom stereocenters. The number of halogens is 1. The van der Waals surface area contributed by atoms with Crippen LogP contribution in [0.15, 0.2) is 150 Å². The predicted octanol–water partition coefficient (Wildman–Crippen LogP) is 5.95. The number of hydrogen-bond donors (Lipinski definition) is 3. The standard InChI is InChI=1S/C34H33N5P.CH3Br/c35-33(36)39-34(37)38-24-26-16-20-28(21-17-26)29-22-18-27(19-23-29)25-40(30-10-4-1-5-11-30,31-12-6-2-7-13-31)32-14-8-3-9-15-32;1-2/h1-23H,24-25H2,(H6,35,36,37,38,39);1H3/q+1;. The Morgan fingerprint density at radius 1 is 0.548 bits per heavy atom. The zero-order valence-corrected chi connectivity index (χ0v) is 26.1. The van der Waals surface area contributed by atoms with Crippen molar-refractivity contribution < 1.29 is 0 Å². The molecule has 0 saturated heterocycles. The van der Waals surface area contributed by atoms with Gasteiger partial charge in [-0.05, 0) is 64.5 Å². The van der Waals surface area contributed by atoms with Crippen molar-refractivity contribution in [1.82, 2.24) is 0 Å². The summed E-state index contributed by atoms with van der Waals surface area (Å²) in [5.41, 5.74) is 21.1. The molecule has 5 aromatic carbocycles. The van der Waals surface area contributed by atoms with Crippen molar-refractivity contribution in [3.05, 3.63) is 151 Å². The maximum Gasteiger partial charge on any atom is 0.218 e. The van der Waals surface area contributed by atoms with E-state index in [0.717, 1.165) is 17.3 Å². The van der Waals surface area contributed by atoms with Gasteiger partial charge in [-0.15, -0.1) is 0 Å². The molecule has 0 unspecified atom stereocenters. The molecule has 0 radical (unpaired) electrons. The Bertz CT molecular complexity index is 1490. The van der Waals surface area contributed by atoms with Crippen molar-refractivity contribution >= 4 is 51.0 Å². The van der Waals surface area contributed by atoms with E-state index >= 15 is 0 Å². The van der Waals surface area contributed by atoms with Crippen LogP contribution in [-0.4, -0.2) is 17.8 Å². The molecular formula is C35H36BrN5P+. The molecular weight excluding hydrogens is 601 g/mol. The minimum absolute atomic E-state index is 0.0695. The fraction of sp³-hybridized carbons (Fsp3) is 0.0857. The molecule has 0 aromatic heterocycles. The fourth-order valence-electron chi connectivity index (χ4n) is 4.99. The smallest absolute Gasteiger partial charge is 0.218 e. The van der Waals surface area contributed by atoms with E-state index in [1.807, 2.05) is 18.0 Å². The van der Waals surface area contributed by atoms with Gasteiger partial charge in [-0.2, -0.15) is 4.99 Å². The first-order chi connectivity index (χ1) is 20.5. The van der Waals surface area contributed by atoms with Crippen LogP contribution in [0.1, 0.15) is 11.1 Å². The highest BCUT2D eigenvalue weighted by molar-refractivity contribution is 9.08. The van der Waals surface area contributed by atoms with Gasteiger partial charge < -0.3 is 17.2 Å². The minimum atomic E-state index is -1.94.